The highest BCUT2D eigenvalue weighted by molar-refractivity contribution is 5.50. The molecule has 1 aromatic carbocycles. The molecular formula is C9H12N2. The van der Waals surface area contributed by atoms with Gasteiger partial charge in [0.1, 0.15) is 0 Å². The molecule has 0 N–H and O–H groups in total. The highest BCUT2D eigenvalue weighted by Gasteiger charge is 1.97. The summed E-state index contributed by atoms with van der Waals surface area (Å²) in [5.74, 6) is 0. The van der Waals surface area contributed by atoms with E-state index in [0.29, 0.717) is 0 Å². The van der Waals surface area contributed by atoms with Crippen LogP contribution in [0.4, 0.5) is 5.69 Å². The van der Waals surface area contributed by atoms with E-state index in [2.05, 4.69) is 10.2 Å². The molecule has 1 aromatic rings. The molecule has 0 bridgehead atoms. The lowest BCUT2D eigenvalue weighted by Gasteiger charge is -2.00. The third kappa shape index (κ3) is 1.64. The number of nitrogens with zero attached hydrogens (tertiary/aromatic N) is 2. The molecule has 58 valence electrons. The van der Waals surface area contributed by atoms with Gasteiger partial charge in [0.05, 0.1) is 5.69 Å². The summed E-state index contributed by atoms with van der Waals surface area (Å²) in [6.07, 6.45) is 0. The molecule has 0 aliphatic rings. The highest BCUT2D eigenvalue weighted by atomic mass is 15.1. The van der Waals surface area contributed by atoms with Crippen LogP contribution in [0.15, 0.2) is 28.4 Å². The van der Waals surface area contributed by atoms with E-state index >= 15 is 0 Å². The first-order valence-electron chi connectivity index (χ1n) is 3.61. The second-order valence-corrected chi connectivity index (χ2v) is 2.54. The van der Waals surface area contributed by atoms with Gasteiger partial charge in [0, 0.05) is 7.05 Å². The first-order valence-corrected chi connectivity index (χ1v) is 3.61. The molecule has 0 amide bonds. The molecule has 0 atom stereocenters. The van der Waals surface area contributed by atoms with Crippen LogP contribution in [0.1, 0.15) is 11.1 Å². The standard InChI is InChI=1S/C9H12N2/c1-7-5-4-6-8(2)9(7)11-10-3/h4-6H,1-3H3. The Kier molecular flexibility index (Phi) is 2.36. The lowest BCUT2D eigenvalue weighted by atomic mass is 10.1. The smallest absolute Gasteiger partial charge is 0.0910 e. The van der Waals surface area contributed by atoms with Gasteiger partial charge in [-0.2, -0.15) is 10.2 Å². The van der Waals surface area contributed by atoms with Crippen LogP contribution in [0.5, 0.6) is 0 Å². The normalized spacial score (nSPS) is 10.8. The molecule has 0 aromatic heterocycles. The van der Waals surface area contributed by atoms with Crippen LogP contribution in [-0.4, -0.2) is 7.05 Å². The van der Waals surface area contributed by atoms with Gasteiger partial charge in [0.2, 0.25) is 0 Å². The number of aryl methyl sites for hydroxylation is 2. The van der Waals surface area contributed by atoms with Crippen molar-refractivity contribution >= 4 is 5.69 Å². The molecule has 11 heavy (non-hydrogen) atoms. The van der Waals surface area contributed by atoms with Crippen molar-refractivity contribution in [3.8, 4) is 0 Å². The highest BCUT2D eigenvalue weighted by Crippen LogP contribution is 2.22. The first kappa shape index (κ1) is 7.92. The largest absolute Gasteiger partial charge is 0.192 e. The second kappa shape index (κ2) is 3.28. The third-order valence-electron chi connectivity index (χ3n) is 1.64. The van der Waals surface area contributed by atoms with Crippen LogP contribution >= 0.6 is 0 Å². The minimum Gasteiger partial charge on any atom is -0.192 e. The molecular weight excluding hydrogens is 136 g/mol. The molecule has 2 nitrogen and oxygen atoms in total. The zero-order valence-electron chi connectivity index (χ0n) is 7.13. The molecule has 0 aliphatic carbocycles. The predicted octanol–water partition coefficient (Wildman–Crippen LogP) is 3.02. The Hall–Kier alpha value is -1.18. The quantitative estimate of drug-likeness (QED) is 0.547. The van der Waals surface area contributed by atoms with Crippen molar-refractivity contribution in [1.29, 1.82) is 0 Å². The van der Waals surface area contributed by atoms with Crippen LogP contribution in [0.3, 0.4) is 0 Å². The molecule has 0 saturated heterocycles. The molecule has 0 heterocycles. The molecule has 0 spiro atoms. The van der Waals surface area contributed by atoms with Crippen LogP contribution in [0, 0.1) is 13.8 Å². The van der Waals surface area contributed by atoms with E-state index in [0.717, 1.165) is 5.69 Å². The van der Waals surface area contributed by atoms with Crippen LogP contribution < -0.4 is 0 Å². The maximum atomic E-state index is 4.03. The fourth-order valence-electron chi connectivity index (χ4n) is 1.06. The fourth-order valence-corrected chi connectivity index (χ4v) is 1.06. The minimum absolute atomic E-state index is 0.995. The molecule has 0 radical (unpaired) electrons. The van der Waals surface area contributed by atoms with E-state index in [4.69, 9.17) is 0 Å². The van der Waals surface area contributed by atoms with Gasteiger partial charge < -0.3 is 0 Å². The van der Waals surface area contributed by atoms with Gasteiger partial charge in [-0.15, -0.1) is 0 Å². The number of rotatable bonds is 1. The monoisotopic (exact) mass is 148 g/mol. The summed E-state index contributed by atoms with van der Waals surface area (Å²) in [5.41, 5.74) is 3.35. The third-order valence-corrected chi connectivity index (χ3v) is 1.64. The summed E-state index contributed by atoms with van der Waals surface area (Å²) >= 11 is 0. The van der Waals surface area contributed by atoms with Crippen LogP contribution in [-0.2, 0) is 0 Å². The van der Waals surface area contributed by atoms with E-state index in [1.807, 2.05) is 32.0 Å². The number of azo groups is 1. The summed E-state index contributed by atoms with van der Waals surface area (Å²) in [6.45, 7) is 4.08. The van der Waals surface area contributed by atoms with Gasteiger partial charge in [0.15, 0.2) is 0 Å². The summed E-state index contributed by atoms with van der Waals surface area (Å²) < 4.78 is 0. The average Bonchev–Trinajstić information content (AvgIpc) is 1.97. The van der Waals surface area contributed by atoms with Gasteiger partial charge >= 0.3 is 0 Å². The van der Waals surface area contributed by atoms with E-state index < -0.39 is 0 Å². The average molecular weight is 148 g/mol. The van der Waals surface area contributed by atoms with Crippen LogP contribution in [0.25, 0.3) is 0 Å². The number of hydrogen-bond acceptors (Lipinski definition) is 2. The lowest BCUT2D eigenvalue weighted by Crippen LogP contribution is -1.77. The Labute approximate surface area is 67.0 Å². The number of benzene rings is 1. The van der Waals surface area contributed by atoms with Gasteiger partial charge in [-0.25, -0.2) is 0 Å². The first-order chi connectivity index (χ1) is 5.25. The zero-order chi connectivity index (χ0) is 8.27. The molecule has 0 fully saturated rings. The Balaban J connectivity index is 3.20. The van der Waals surface area contributed by atoms with Crippen molar-refractivity contribution in [3.05, 3.63) is 29.3 Å². The predicted molar refractivity (Wildman–Crippen MR) is 46.4 cm³/mol. The van der Waals surface area contributed by atoms with Gasteiger partial charge in [-0.05, 0) is 25.0 Å². The van der Waals surface area contributed by atoms with Crippen molar-refractivity contribution < 1.29 is 0 Å². The van der Waals surface area contributed by atoms with E-state index in [1.165, 1.54) is 11.1 Å². The fraction of sp³-hybridized carbons (Fsp3) is 0.333. The molecule has 0 aliphatic heterocycles. The van der Waals surface area contributed by atoms with Crippen molar-refractivity contribution in [1.82, 2.24) is 0 Å². The Morgan fingerprint density at radius 3 is 2.09 bits per heavy atom. The SMILES string of the molecule is CN=Nc1c(C)cccc1C. The van der Waals surface area contributed by atoms with Crippen molar-refractivity contribution in [2.45, 2.75) is 13.8 Å². The van der Waals surface area contributed by atoms with Gasteiger partial charge in [-0.3, -0.25) is 0 Å². The zero-order valence-corrected chi connectivity index (χ0v) is 7.13. The molecule has 2 heteroatoms. The van der Waals surface area contributed by atoms with Gasteiger partial charge in [-0.1, -0.05) is 18.2 Å². The van der Waals surface area contributed by atoms with Crippen molar-refractivity contribution in [3.63, 3.8) is 0 Å². The summed E-state index contributed by atoms with van der Waals surface area (Å²) in [5, 5.41) is 7.78. The topological polar surface area (TPSA) is 24.7 Å². The van der Waals surface area contributed by atoms with E-state index in [9.17, 15) is 0 Å². The maximum absolute atomic E-state index is 4.03. The summed E-state index contributed by atoms with van der Waals surface area (Å²) in [4.78, 5) is 0. The van der Waals surface area contributed by atoms with Crippen molar-refractivity contribution in [2.24, 2.45) is 10.2 Å². The maximum Gasteiger partial charge on any atom is 0.0910 e. The Morgan fingerprint density at radius 1 is 1.09 bits per heavy atom. The number of hydrogen-bond donors (Lipinski definition) is 0. The second-order valence-electron chi connectivity index (χ2n) is 2.54. The Bertz CT molecular complexity index is 257. The molecule has 0 saturated carbocycles. The van der Waals surface area contributed by atoms with Gasteiger partial charge in [0.25, 0.3) is 0 Å². The van der Waals surface area contributed by atoms with Crippen LogP contribution in [0.2, 0.25) is 0 Å². The van der Waals surface area contributed by atoms with Crippen molar-refractivity contribution in [2.75, 3.05) is 7.05 Å². The molecule has 1 rings (SSSR count). The van der Waals surface area contributed by atoms with E-state index in [-0.39, 0.29) is 0 Å². The summed E-state index contributed by atoms with van der Waals surface area (Å²) in [6, 6.07) is 6.10. The Morgan fingerprint density at radius 2 is 1.64 bits per heavy atom. The lowest BCUT2D eigenvalue weighted by molar-refractivity contribution is 1.14. The minimum atomic E-state index is 0.995. The summed E-state index contributed by atoms with van der Waals surface area (Å²) in [7, 11) is 1.69. The van der Waals surface area contributed by atoms with E-state index in [1.54, 1.807) is 7.05 Å². The molecule has 0 unspecified atom stereocenters.